The van der Waals surface area contributed by atoms with Crippen molar-refractivity contribution in [3.8, 4) is 0 Å². The fraction of sp³-hybridized carbons (Fsp3) is 0.320. The number of rotatable bonds is 7. The first-order chi connectivity index (χ1) is 15.9. The van der Waals surface area contributed by atoms with Gasteiger partial charge in [-0.05, 0) is 41.5 Å². The van der Waals surface area contributed by atoms with Crippen molar-refractivity contribution in [2.75, 3.05) is 20.3 Å². The minimum Gasteiger partial charge on any atom is -0.460 e. The van der Waals surface area contributed by atoms with Crippen molar-refractivity contribution in [1.29, 1.82) is 0 Å². The molecule has 0 spiro atoms. The van der Waals surface area contributed by atoms with Crippen LogP contribution in [0.1, 0.15) is 48.7 Å². The lowest BCUT2D eigenvalue weighted by atomic mass is 10.0. The molecule has 1 unspecified atom stereocenters. The molecule has 0 N–H and O–H groups in total. The predicted molar refractivity (Wildman–Crippen MR) is 131 cm³/mol. The maximum atomic E-state index is 13.5. The van der Waals surface area contributed by atoms with E-state index in [0.29, 0.717) is 33.1 Å². The fourth-order valence-electron chi connectivity index (χ4n) is 3.72. The molecule has 172 valence electrons. The zero-order chi connectivity index (χ0) is 23.5. The maximum absolute atomic E-state index is 13.5. The summed E-state index contributed by atoms with van der Waals surface area (Å²) < 4.78 is 12.6. The average molecular weight is 483 g/mol. The van der Waals surface area contributed by atoms with Crippen molar-refractivity contribution < 1.29 is 14.3 Å². The van der Waals surface area contributed by atoms with E-state index in [9.17, 15) is 9.59 Å². The molecule has 33 heavy (non-hydrogen) atoms. The number of fused-ring (bicyclic) bond motifs is 1. The molecule has 1 aromatic carbocycles. The zero-order valence-electron chi connectivity index (χ0n) is 19.0. The summed E-state index contributed by atoms with van der Waals surface area (Å²) in [5, 5.41) is 1.94. The number of hydrogen-bond acceptors (Lipinski definition) is 7. The summed E-state index contributed by atoms with van der Waals surface area (Å²) in [5.74, 6) is -0.0366. The van der Waals surface area contributed by atoms with Crippen LogP contribution in [0, 0.1) is 0 Å². The van der Waals surface area contributed by atoms with Crippen LogP contribution in [0.3, 0.4) is 0 Å². The number of thiophene rings is 1. The lowest BCUT2D eigenvalue weighted by Crippen LogP contribution is -2.39. The summed E-state index contributed by atoms with van der Waals surface area (Å²) >= 11 is 2.83. The summed E-state index contributed by atoms with van der Waals surface area (Å²) in [4.78, 5) is 32.6. The molecule has 8 heteroatoms. The second kappa shape index (κ2) is 9.99. The summed E-state index contributed by atoms with van der Waals surface area (Å²) in [6, 6.07) is 11.5. The van der Waals surface area contributed by atoms with Crippen molar-refractivity contribution in [2.45, 2.75) is 32.7 Å². The van der Waals surface area contributed by atoms with E-state index in [4.69, 9.17) is 9.47 Å². The van der Waals surface area contributed by atoms with Crippen LogP contribution in [0.25, 0.3) is 6.08 Å². The van der Waals surface area contributed by atoms with Crippen LogP contribution in [0.5, 0.6) is 0 Å². The van der Waals surface area contributed by atoms with Crippen LogP contribution < -0.4 is 14.9 Å². The molecule has 0 fully saturated rings. The zero-order valence-corrected chi connectivity index (χ0v) is 20.7. The highest BCUT2D eigenvalue weighted by Crippen LogP contribution is 2.33. The second-order valence-corrected chi connectivity index (χ2v) is 10.0. The lowest BCUT2D eigenvalue weighted by Gasteiger charge is -2.23. The number of ether oxygens (including phenoxy) is 2. The summed E-state index contributed by atoms with van der Waals surface area (Å²) in [6.45, 7) is 6.53. The van der Waals surface area contributed by atoms with Crippen LogP contribution >= 0.6 is 22.7 Å². The Kier molecular flexibility index (Phi) is 7.07. The molecule has 2 aromatic heterocycles. The molecule has 0 radical (unpaired) electrons. The highest BCUT2D eigenvalue weighted by Gasteiger charge is 2.34. The standard InChI is InChI=1S/C25H26N2O4S2/c1-15(2)18-9-7-17(8-10-18)14-20-23(28)27-22(19-6-5-13-32-19)21(16(3)26-25(27)33-20)24(29)31-12-11-30-4/h5-10,13-15,22H,11-12H2,1-4H3. The van der Waals surface area contributed by atoms with Crippen LogP contribution in [-0.4, -0.2) is 30.9 Å². The van der Waals surface area contributed by atoms with Gasteiger partial charge in [0, 0.05) is 12.0 Å². The third-order valence-corrected chi connectivity index (χ3v) is 7.38. The maximum Gasteiger partial charge on any atom is 0.338 e. The normalized spacial score (nSPS) is 16.2. The molecule has 0 saturated heterocycles. The highest BCUT2D eigenvalue weighted by atomic mass is 32.1. The predicted octanol–water partition coefficient (Wildman–Crippen LogP) is 3.61. The van der Waals surface area contributed by atoms with E-state index in [0.717, 1.165) is 10.4 Å². The molecule has 1 aliphatic rings. The van der Waals surface area contributed by atoms with Gasteiger partial charge < -0.3 is 9.47 Å². The topological polar surface area (TPSA) is 69.9 Å². The van der Waals surface area contributed by atoms with Gasteiger partial charge in [-0.15, -0.1) is 11.3 Å². The lowest BCUT2D eigenvalue weighted by molar-refractivity contribution is -0.140. The molecular weight excluding hydrogens is 456 g/mol. The third kappa shape index (κ3) is 4.78. The molecule has 1 aliphatic heterocycles. The molecular formula is C25H26N2O4S2. The van der Waals surface area contributed by atoms with Crippen molar-refractivity contribution in [1.82, 2.24) is 4.57 Å². The minimum absolute atomic E-state index is 0.139. The Morgan fingerprint density at radius 1 is 1.21 bits per heavy atom. The average Bonchev–Trinajstić information content (AvgIpc) is 3.42. The Labute approximate surface area is 200 Å². The summed E-state index contributed by atoms with van der Waals surface area (Å²) in [7, 11) is 1.55. The van der Waals surface area contributed by atoms with Crippen LogP contribution in [0.4, 0.5) is 0 Å². The Morgan fingerprint density at radius 3 is 2.61 bits per heavy atom. The Bertz CT molecular complexity index is 1350. The molecule has 1 atom stereocenters. The first-order valence-electron chi connectivity index (χ1n) is 10.7. The number of thiazole rings is 1. The Morgan fingerprint density at radius 2 is 1.97 bits per heavy atom. The van der Waals surface area contributed by atoms with Crippen LogP contribution in [0.2, 0.25) is 0 Å². The van der Waals surface area contributed by atoms with E-state index in [1.54, 1.807) is 18.6 Å². The number of methoxy groups -OCH3 is 1. The number of carbonyl (C=O) groups excluding carboxylic acids is 1. The number of esters is 1. The van der Waals surface area contributed by atoms with Gasteiger partial charge in [0.25, 0.3) is 5.56 Å². The molecule has 0 saturated carbocycles. The van der Waals surface area contributed by atoms with E-state index in [1.165, 1.54) is 28.2 Å². The molecule has 4 rings (SSSR count). The van der Waals surface area contributed by atoms with Crippen molar-refractivity contribution in [3.63, 3.8) is 0 Å². The quantitative estimate of drug-likeness (QED) is 0.381. The van der Waals surface area contributed by atoms with Crippen molar-refractivity contribution in [3.05, 3.63) is 88.7 Å². The number of nitrogens with zero attached hydrogens (tertiary/aromatic N) is 2. The van der Waals surface area contributed by atoms with Gasteiger partial charge in [0.05, 0.1) is 22.4 Å². The monoisotopic (exact) mass is 482 g/mol. The van der Waals surface area contributed by atoms with E-state index in [1.807, 2.05) is 35.7 Å². The van der Waals surface area contributed by atoms with Gasteiger partial charge in [0.2, 0.25) is 0 Å². The van der Waals surface area contributed by atoms with Crippen LogP contribution in [0.15, 0.2) is 62.8 Å². The second-order valence-electron chi connectivity index (χ2n) is 8.05. The largest absolute Gasteiger partial charge is 0.460 e. The van der Waals surface area contributed by atoms with E-state index in [-0.39, 0.29) is 12.2 Å². The van der Waals surface area contributed by atoms with E-state index >= 15 is 0 Å². The van der Waals surface area contributed by atoms with E-state index in [2.05, 4.69) is 31.0 Å². The molecule has 0 bridgehead atoms. The number of carbonyl (C=O) groups is 1. The molecule has 3 heterocycles. The summed E-state index contributed by atoms with van der Waals surface area (Å²) in [6.07, 6.45) is 1.88. The third-order valence-electron chi connectivity index (χ3n) is 5.48. The van der Waals surface area contributed by atoms with Gasteiger partial charge in [0.1, 0.15) is 12.6 Å². The van der Waals surface area contributed by atoms with Gasteiger partial charge in [-0.2, -0.15) is 0 Å². The van der Waals surface area contributed by atoms with Crippen molar-refractivity contribution in [2.24, 2.45) is 4.99 Å². The number of benzene rings is 1. The van der Waals surface area contributed by atoms with Crippen LogP contribution in [-0.2, 0) is 14.3 Å². The first kappa shape index (κ1) is 23.4. The van der Waals surface area contributed by atoms with Crippen molar-refractivity contribution >= 4 is 34.7 Å². The fourth-order valence-corrected chi connectivity index (χ4v) is 5.59. The van der Waals surface area contributed by atoms with Gasteiger partial charge >= 0.3 is 5.97 Å². The highest BCUT2D eigenvalue weighted by molar-refractivity contribution is 7.10. The smallest absolute Gasteiger partial charge is 0.338 e. The van der Waals surface area contributed by atoms with Gasteiger partial charge in [0.15, 0.2) is 4.80 Å². The van der Waals surface area contributed by atoms with E-state index < -0.39 is 12.0 Å². The molecule has 0 aliphatic carbocycles. The number of hydrogen-bond donors (Lipinski definition) is 0. The molecule has 0 amide bonds. The Hall–Kier alpha value is -2.81. The number of aromatic nitrogens is 1. The molecule has 3 aromatic rings. The van der Waals surface area contributed by atoms with Gasteiger partial charge in [-0.1, -0.05) is 55.5 Å². The first-order valence-corrected chi connectivity index (χ1v) is 12.4. The molecule has 6 nitrogen and oxygen atoms in total. The van der Waals surface area contributed by atoms with Gasteiger partial charge in [-0.25, -0.2) is 9.79 Å². The minimum atomic E-state index is -0.568. The van der Waals surface area contributed by atoms with Gasteiger partial charge in [-0.3, -0.25) is 9.36 Å². The SMILES string of the molecule is COCCOC(=O)C1=C(C)N=c2sc(=Cc3ccc(C(C)C)cc3)c(=O)n2C1c1cccs1. The Balaban J connectivity index is 1.81. The summed E-state index contributed by atoms with van der Waals surface area (Å²) in [5.41, 5.74) is 2.98. The number of allylic oxidation sites excluding steroid dienone is 1.